The molecular weight excluding hydrogens is 238 g/mol. The van der Waals surface area contributed by atoms with Crippen molar-refractivity contribution in [2.24, 2.45) is 5.84 Å². The monoisotopic (exact) mass is 257 g/mol. The molecule has 0 unspecified atom stereocenters. The van der Waals surface area contributed by atoms with Crippen LogP contribution in [0.4, 0.5) is 0 Å². The fourth-order valence-corrected chi connectivity index (χ4v) is 2.07. The molecule has 0 aliphatic heterocycles. The molecule has 1 heterocycles. The Bertz CT molecular complexity index is 647. The molecule has 2 rings (SSSR count). The molecule has 3 N–H and O–H groups in total. The van der Waals surface area contributed by atoms with E-state index in [1.807, 2.05) is 32.0 Å². The second-order valence-corrected chi connectivity index (χ2v) is 5.18. The minimum atomic E-state index is -0.280. The minimum absolute atomic E-state index is 0.260. The standard InChI is InChI=1S/C15H19N3O/c1-8(2)13-7-12(15(19)18-16)11-5-9(3)10(4)6-14(11)17-13/h5-8H,16H2,1-4H3,(H,18,19). The largest absolute Gasteiger partial charge is 0.290 e. The number of amides is 1. The first kappa shape index (κ1) is 13.5. The summed E-state index contributed by atoms with van der Waals surface area (Å²) in [7, 11) is 0. The SMILES string of the molecule is Cc1cc2nc(C(C)C)cc(C(=O)NN)c2cc1C. The number of carbonyl (C=O) groups is 1. The van der Waals surface area contributed by atoms with E-state index in [0.29, 0.717) is 5.56 Å². The molecule has 1 aromatic carbocycles. The van der Waals surface area contributed by atoms with Gasteiger partial charge in [0.1, 0.15) is 0 Å². The molecule has 0 aliphatic carbocycles. The second kappa shape index (κ2) is 4.97. The van der Waals surface area contributed by atoms with E-state index in [-0.39, 0.29) is 11.8 Å². The number of fused-ring (bicyclic) bond motifs is 1. The second-order valence-electron chi connectivity index (χ2n) is 5.18. The Morgan fingerprint density at radius 2 is 1.84 bits per heavy atom. The smallest absolute Gasteiger partial charge is 0.265 e. The molecule has 4 heteroatoms. The van der Waals surface area contributed by atoms with E-state index in [1.54, 1.807) is 0 Å². The van der Waals surface area contributed by atoms with E-state index in [0.717, 1.165) is 22.2 Å². The predicted molar refractivity (Wildman–Crippen MR) is 77.0 cm³/mol. The Hall–Kier alpha value is -1.94. The van der Waals surface area contributed by atoms with Gasteiger partial charge in [-0.15, -0.1) is 0 Å². The maximum atomic E-state index is 11.9. The van der Waals surface area contributed by atoms with Crippen LogP contribution < -0.4 is 11.3 Å². The third-order valence-corrected chi connectivity index (χ3v) is 3.41. The number of pyridine rings is 1. The Morgan fingerprint density at radius 3 is 2.42 bits per heavy atom. The Kier molecular flexibility index (Phi) is 3.53. The van der Waals surface area contributed by atoms with E-state index in [1.165, 1.54) is 5.56 Å². The number of nitrogen functional groups attached to an aromatic ring is 1. The molecular formula is C15H19N3O. The third kappa shape index (κ3) is 2.44. The van der Waals surface area contributed by atoms with Crippen molar-refractivity contribution in [1.29, 1.82) is 0 Å². The lowest BCUT2D eigenvalue weighted by Gasteiger charge is -2.12. The Balaban J connectivity index is 2.82. The summed E-state index contributed by atoms with van der Waals surface area (Å²) in [5, 5.41) is 0.843. The molecule has 1 aromatic heterocycles. The van der Waals surface area contributed by atoms with Crippen LogP contribution in [0.1, 0.15) is 46.9 Å². The van der Waals surface area contributed by atoms with E-state index >= 15 is 0 Å². The summed E-state index contributed by atoms with van der Waals surface area (Å²) < 4.78 is 0. The summed E-state index contributed by atoms with van der Waals surface area (Å²) in [5.74, 6) is 5.25. The number of nitrogens with one attached hydrogen (secondary N) is 1. The van der Waals surface area contributed by atoms with Crippen molar-refractivity contribution >= 4 is 16.8 Å². The molecule has 0 aliphatic rings. The number of benzene rings is 1. The molecule has 4 nitrogen and oxygen atoms in total. The van der Waals surface area contributed by atoms with Gasteiger partial charge in [0.15, 0.2) is 0 Å². The normalized spacial score (nSPS) is 11.1. The van der Waals surface area contributed by atoms with Crippen molar-refractivity contribution in [1.82, 2.24) is 10.4 Å². The van der Waals surface area contributed by atoms with Crippen molar-refractivity contribution < 1.29 is 4.79 Å². The van der Waals surface area contributed by atoms with E-state index < -0.39 is 0 Å². The predicted octanol–water partition coefficient (Wildman–Crippen LogP) is 2.58. The van der Waals surface area contributed by atoms with Crippen LogP contribution in [0.2, 0.25) is 0 Å². The van der Waals surface area contributed by atoms with Crippen LogP contribution in [0.25, 0.3) is 10.9 Å². The number of hydrogen-bond acceptors (Lipinski definition) is 3. The van der Waals surface area contributed by atoms with Gasteiger partial charge in [-0.05, 0) is 49.1 Å². The number of hydrogen-bond donors (Lipinski definition) is 2. The average Bonchev–Trinajstić information content (AvgIpc) is 2.38. The van der Waals surface area contributed by atoms with Crippen LogP contribution in [0.15, 0.2) is 18.2 Å². The molecule has 0 atom stereocenters. The van der Waals surface area contributed by atoms with Crippen LogP contribution in [-0.2, 0) is 0 Å². The summed E-state index contributed by atoms with van der Waals surface area (Å²) in [6, 6.07) is 5.83. The molecule has 100 valence electrons. The van der Waals surface area contributed by atoms with E-state index in [4.69, 9.17) is 5.84 Å². The van der Waals surface area contributed by atoms with Gasteiger partial charge < -0.3 is 0 Å². The number of aryl methyl sites for hydroxylation is 2. The lowest BCUT2D eigenvalue weighted by molar-refractivity contribution is 0.0955. The summed E-state index contributed by atoms with van der Waals surface area (Å²) in [6.45, 7) is 8.18. The van der Waals surface area contributed by atoms with Gasteiger partial charge in [-0.3, -0.25) is 15.2 Å². The van der Waals surface area contributed by atoms with Gasteiger partial charge in [-0.2, -0.15) is 0 Å². The molecule has 2 aromatic rings. The number of aromatic nitrogens is 1. The van der Waals surface area contributed by atoms with Crippen LogP contribution in [0.3, 0.4) is 0 Å². The zero-order chi connectivity index (χ0) is 14.2. The molecule has 1 amide bonds. The van der Waals surface area contributed by atoms with Crippen LogP contribution in [0.5, 0.6) is 0 Å². The molecule has 0 bridgehead atoms. The van der Waals surface area contributed by atoms with Gasteiger partial charge in [-0.25, -0.2) is 5.84 Å². The van der Waals surface area contributed by atoms with Gasteiger partial charge in [0.25, 0.3) is 5.91 Å². The first-order valence-electron chi connectivity index (χ1n) is 6.37. The topological polar surface area (TPSA) is 68.0 Å². The van der Waals surface area contributed by atoms with E-state index in [9.17, 15) is 4.79 Å². The molecule has 0 fully saturated rings. The van der Waals surface area contributed by atoms with Crippen molar-refractivity contribution in [3.63, 3.8) is 0 Å². The highest BCUT2D eigenvalue weighted by atomic mass is 16.2. The first-order chi connectivity index (χ1) is 8.93. The fourth-order valence-electron chi connectivity index (χ4n) is 2.07. The van der Waals surface area contributed by atoms with Crippen LogP contribution >= 0.6 is 0 Å². The van der Waals surface area contributed by atoms with Gasteiger partial charge >= 0.3 is 0 Å². The Morgan fingerprint density at radius 1 is 1.21 bits per heavy atom. The first-order valence-corrected chi connectivity index (χ1v) is 6.37. The average molecular weight is 257 g/mol. The maximum Gasteiger partial charge on any atom is 0.265 e. The summed E-state index contributed by atoms with van der Waals surface area (Å²) in [6.07, 6.45) is 0. The van der Waals surface area contributed by atoms with Gasteiger partial charge in [0, 0.05) is 11.1 Å². The molecule has 0 saturated heterocycles. The van der Waals surface area contributed by atoms with Crippen molar-refractivity contribution in [2.45, 2.75) is 33.6 Å². The number of nitrogens with two attached hydrogens (primary N) is 1. The maximum absolute atomic E-state index is 11.9. The Labute approximate surface area is 113 Å². The number of carbonyl (C=O) groups excluding carboxylic acids is 1. The highest BCUT2D eigenvalue weighted by Crippen LogP contribution is 2.25. The molecule has 0 saturated carbocycles. The number of hydrazine groups is 1. The fraction of sp³-hybridized carbons (Fsp3) is 0.333. The van der Waals surface area contributed by atoms with Gasteiger partial charge in [-0.1, -0.05) is 13.8 Å². The van der Waals surface area contributed by atoms with Gasteiger partial charge in [0.05, 0.1) is 11.1 Å². The number of rotatable bonds is 2. The lowest BCUT2D eigenvalue weighted by atomic mass is 9.99. The summed E-state index contributed by atoms with van der Waals surface area (Å²) in [4.78, 5) is 16.6. The lowest BCUT2D eigenvalue weighted by Crippen LogP contribution is -2.30. The number of nitrogens with zero attached hydrogens (tertiary/aromatic N) is 1. The zero-order valence-electron chi connectivity index (χ0n) is 11.7. The molecule has 0 spiro atoms. The van der Waals surface area contributed by atoms with Crippen LogP contribution in [-0.4, -0.2) is 10.9 Å². The van der Waals surface area contributed by atoms with Crippen molar-refractivity contribution in [3.05, 3.63) is 40.6 Å². The summed E-state index contributed by atoms with van der Waals surface area (Å²) >= 11 is 0. The summed E-state index contributed by atoms with van der Waals surface area (Å²) in [5.41, 5.74) is 6.83. The minimum Gasteiger partial charge on any atom is -0.290 e. The van der Waals surface area contributed by atoms with Gasteiger partial charge in [0.2, 0.25) is 0 Å². The van der Waals surface area contributed by atoms with Crippen LogP contribution in [0, 0.1) is 13.8 Å². The molecule has 0 radical (unpaired) electrons. The highest BCUT2D eigenvalue weighted by molar-refractivity contribution is 6.06. The van der Waals surface area contributed by atoms with Crippen molar-refractivity contribution in [3.8, 4) is 0 Å². The third-order valence-electron chi connectivity index (χ3n) is 3.41. The molecule has 19 heavy (non-hydrogen) atoms. The quantitative estimate of drug-likeness (QED) is 0.493. The van der Waals surface area contributed by atoms with E-state index in [2.05, 4.69) is 24.3 Å². The highest BCUT2D eigenvalue weighted by Gasteiger charge is 2.14. The zero-order valence-corrected chi connectivity index (χ0v) is 11.7. The van der Waals surface area contributed by atoms with Crippen molar-refractivity contribution in [2.75, 3.05) is 0 Å².